The van der Waals surface area contributed by atoms with Crippen LogP contribution in [0.3, 0.4) is 0 Å². The Morgan fingerprint density at radius 3 is 3.12 bits per heavy atom. The van der Waals surface area contributed by atoms with Gasteiger partial charge in [-0.3, -0.25) is 4.79 Å². The zero-order valence-electron chi connectivity index (χ0n) is 8.42. The summed E-state index contributed by atoms with van der Waals surface area (Å²) in [7, 11) is 0. The van der Waals surface area contributed by atoms with Gasteiger partial charge < -0.3 is 15.6 Å². The maximum Gasteiger partial charge on any atom is 0.242 e. The highest BCUT2D eigenvalue weighted by molar-refractivity contribution is 7.10. The maximum atomic E-state index is 11.6. The first kappa shape index (κ1) is 10.8. The van der Waals surface area contributed by atoms with Crippen LogP contribution in [0, 0.1) is 0 Å². The van der Waals surface area contributed by atoms with Crippen LogP contribution < -0.4 is 11.1 Å². The number of aromatic nitrogens is 1. The van der Waals surface area contributed by atoms with Gasteiger partial charge in [-0.25, -0.2) is 0 Å². The van der Waals surface area contributed by atoms with E-state index in [2.05, 4.69) is 15.0 Å². The van der Waals surface area contributed by atoms with Gasteiger partial charge in [0.2, 0.25) is 5.91 Å². The molecular weight excluding hydrogens is 226 g/mol. The van der Waals surface area contributed by atoms with Gasteiger partial charge in [0.25, 0.3) is 0 Å². The summed E-state index contributed by atoms with van der Waals surface area (Å²) < 4.78 is 4.65. The van der Waals surface area contributed by atoms with Crippen LogP contribution in [0.1, 0.15) is 16.6 Å². The lowest BCUT2D eigenvalue weighted by molar-refractivity contribution is -0.122. The average molecular weight is 237 g/mol. The first-order valence-electron chi connectivity index (χ1n) is 4.73. The van der Waals surface area contributed by atoms with Crippen molar-refractivity contribution in [3.05, 3.63) is 40.4 Å². The number of nitrogens with two attached hydrogens (primary N) is 1. The first-order valence-corrected chi connectivity index (χ1v) is 5.61. The minimum absolute atomic E-state index is 0.217. The van der Waals surface area contributed by atoms with E-state index in [-0.39, 0.29) is 5.91 Å². The highest BCUT2D eigenvalue weighted by atomic mass is 32.1. The number of rotatable bonds is 4. The monoisotopic (exact) mass is 237 g/mol. The first-order chi connectivity index (χ1) is 7.77. The molecule has 0 spiro atoms. The Morgan fingerprint density at radius 1 is 1.62 bits per heavy atom. The number of hydrogen-bond acceptors (Lipinski definition) is 5. The predicted molar refractivity (Wildman–Crippen MR) is 59.6 cm³/mol. The lowest BCUT2D eigenvalue weighted by atomic mass is 10.2. The molecule has 2 aromatic heterocycles. The second kappa shape index (κ2) is 4.91. The van der Waals surface area contributed by atoms with Crippen LogP contribution >= 0.6 is 11.3 Å². The Balaban J connectivity index is 1.89. The Bertz CT molecular complexity index is 439. The van der Waals surface area contributed by atoms with E-state index in [0.717, 1.165) is 4.88 Å². The normalized spacial score (nSPS) is 12.3. The van der Waals surface area contributed by atoms with Crippen LogP contribution in [0.5, 0.6) is 0 Å². The van der Waals surface area contributed by atoms with Crippen LogP contribution in [0.25, 0.3) is 0 Å². The smallest absolute Gasteiger partial charge is 0.242 e. The second-order valence-electron chi connectivity index (χ2n) is 3.20. The third-order valence-corrected chi connectivity index (χ3v) is 3.02. The van der Waals surface area contributed by atoms with Crippen molar-refractivity contribution in [3.63, 3.8) is 0 Å². The van der Waals surface area contributed by atoms with Gasteiger partial charge in [-0.2, -0.15) is 0 Å². The molecule has 1 unspecified atom stereocenters. The SMILES string of the molecule is NC(C(=O)NCc1ccon1)c1cccs1. The number of nitrogens with zero attached hydrogens (tertiary/aromatic N) is 1. The maximum absolute atomic E-state index is 11.6. The Labute approximate surface area is 96.2 Å². The fourth-order valence-electron chi connectivity index (χ4n) is 1.21. The fraction of sp³-hybridized carbons (Fsp3) is 0.200. The molecule has 0 bridgehead atoms. The number of amides is 1. The minimum atomic E-state index is -0.619. The van der Waals surface area contributed by atoms with E-state index in [0.29, 0.717) is 12.2 Å². The molecular formula is C10H11N3O2S. The van der Waals surface area contributed by atoms with Crippen molar-refractivity contribution >= 4 is 17.2 Å². The Hall–Kier alpha value is -1.66. The molecule has 0 aliphatic heterocycles. The fourth-order valence-corrected chi connectivity index (χ4v) is 1.94. The zero-order chi connectivity index (χ0) is 11.4. The second-order valence-corrected chi connectivity index (χ2v) is 4.18. The molecule has 2 rings (SSSR count). The molecule has 2 heterocycles. The Kier molecular flexibility index (Phi) is 3.33. The van der Waals surface area contributed by atoms with E-state index in [1.54, 1.807) is 6.07 Å². The summed E-state index contributed by atoms with van der Waals surface area (Å²) in [6, 6.07) is 4.78. The van der Waals surface area contributed by atoms with Gasteiger partial charge >= 0.3 is 0 Å². The molecule has 6 heteroatoms. The summed E-state index contributed by atoms with van der Waals surface area (Å²) >= 11 is 1.46. The van der Waals surface area contributed by atoms with E-state index in [1.807, 2.05) is 17.5 Å². The number of nitrogens with one attached hydrogen (secondary N) is 1. The number of hydrogen-bond donors (Lipinski definition) is 2. The van der Waals surface area contributed by atoms with Crippen LogP contribution in [-0.4, -0.2) is 11.1 Å². The molecule has 0 aliphatic carbocycles. The molecule has 0 aromatic carbocycles. The molecule has 0 saturated carbocycles. The van der Waals surface area contributed by atoms with Crippen molar-refractivity contribution in [1.82, 2.24) is 10.5 Å². The van der Waals surface area contributed by atoms with E-state index >= 15 is 0 Å². The predicted octanol–water partition coefficient (Wildman–Crippen LogP) is 1.05. The zero-order valence-corrected chi connectivity index (χ0v) is 9.24. The minimum Gasteiger partial charge on any atom is -0.364 e. The summed E-state index contributed by atoms with van der Waals surface area (Å²) in [5.41, 5.74) is 6.45. The summed E-state index contributed by atoms with van der Waals surface area (Å²) in [5.74, 6) is -0.217. The van der Waals surface area contributed by atoms with Crippen LogP contribution in [0.15, 0.2) is 34.4 Å². The molecule has 2 aromatic rings. The number of carbonyl (C=O) groups excluding carboxylic acids is 1. The molecule has 3 N–H and O–H groups in total. The van der Waals surface area contributed by atoms with Crippen molar-refractivity contribution in [1.29, 1.82) is 0 Å². The van der Waals surface area contributed by atoms with Crippen molar-refractivity contribution < 1.29 is 9.32 Å². The third kappa shape index (κ3) is 2.47. The van der Waals surface area contributed by atoms with Crippen molar-refractivity contribution in [2.75, 3.05) is 0 Å². The lowest BCUT2D eigenvalue weighted by Crippen LogP contribution is -2.33. The molecule has 0 aliphatic rings. The van der Waals surface area contributed by atoms with Gasteiger partial charge in [-0.05, 0) is 11.4 Å². The highest BCUT2D eigenvalue weighted by Gasteiger charge is 2.16. The van der Waals surface area contributed by atoms with Crippen LogP contribution in [0.4, 0.5) is 0 Å². The number of carbonyl (C=O) groups is 1. The number of thiophene rings is 1. The standard InChI is InChI=1S/C10H11N3O2S/c11-9(8-2-1-5-16-8)10(14)12-6-7-3-4-15-13-7/h1-5,9H,6,11H2,(H,12,14). The van der Waals surface area contributed by atoms with Gasteiger partial charge in [-0.15, -0.1) is 11.3 Å². The van der Waals surface area contributed by atoms with E-state index in [9.17, 15) is 4.79 Å². The van der Waals surface area contributed by atoms with Crippen LogP contribution in [0.2, 0.25) is 0 Å². The summed E-state index contributed by atoms with van der Waals surface area (Å²) in [6.45, 7) is 0.328. The largest absolute Gasteiger partial charge is 0.364 e. The highest BCUT2D eigenvalue weighted by Crippen LogP contribution is 2.16. The molecule has 16 heavy (non-hydrogen) atoms. The Morgan fingerprint density at radius 2 is 2.50 bits per heavy atom. The van der Waals surface area contributed by atoms with Gasteiger partial charge in [0.1, 0.15) is 18.0 Å². The van der Waals surface area contributed by atoms with E-state index < -0.39 is 6.04 Å². The van der Waals surface area contributed by atoms with Crippen molar-refractivity contribution in [2.45, 2.75) is 12.6 Å². The summed E-state index contributed by atoms with van der Waals surface area (Å²) in [5, 5.41) is 8.26. The summed E-state index contributed by atoms with van der Waals surface area (Å²) in [6.07, 6.45) is 1.46. The third-order valence-electron chi connectivity index (χ3n) is 2.07. The van der Waals surface area contributed by atoms with Gasteiger partial charge in [0.05, 0.1) is 6.54 Å². The van der Waals surface area contributed by atoms with Crippen molar-refractivity contribution in [3.8, 4) is 0 Å². The van der Waals surface area contributed by atoms with Gasteiger partial charge in [0.15, 0.2) is 0 Å². The van der Waals surface area contributed by atoms with E-state index in [4.69, 9.17) is 5.73 Å². The van der Waals surface area contributed by atoms with E-state index in [1.165, 1.54) is 17.6 Å². The molecule has 0 radical (unpaired) electrons. The molecule has 5 nitrogen and oxygen atoms in total. The summed E-state index contributed by atoms with van der Waals surface area (Å²) in [4.78, 5) is 12.5. The van der Waals surface area contributed by atoms with Crippen molar-refractivity contribution in [2.24, 2.45) is 5.73 Å². The van der Waals surface area contributed by atoms with Crippen LogP contribution in [-0.2, 0) is 11.3 Å². The average Bonchev–Trinajstić information content (AvgIpc) is 2.96. The molecule has 0 fully saturated rings. The quantitative estimate of drug-likeness (QED) is 0.832. The van der Waals surface area contributed by atoms with Gasteiger partial charge in [-0.1, -0.05) is 11.2 Å². The molecule has 0 saturated heterocycles. The van der Waals surface area contributed by atoms with Gasteiger partial charge in [0, 0.05) is 10.9 Å². The molecule has 1 amide bonds. The topological polar surface area (TPSA) is 81.2 Å². The lowest BCUT2D eigenvalue weighted by Gasteiger charge is -2.09. The molecule has 84 valence electrons. The molecule has 1 atom stereocenters.